The van der Waals surface area contributed by atoms with Crippen LogP contribution in [0.1, 0.15) is 32.3 Å². The Morgan fingerprint density at radius 1 is 1.53 bits per heavy atom. The highest BCUT2D eigenvalue weighted by Crippen LogP contribution is 2.32. The fourth-order valence-corrected chi connectivity index (χ4v) is 3.48. The number of benzene rings is 1. The Labute approximate surface area is 129 Å². The lowest BCUT2D eigenvalue weighted by Gasteiger charge is -2.34. The van der Waals surface area contributed by atoms with Crippen LogP contribution in [0.15, 0.2) is 22.7 Å². The third-order valence-electron chi connectivity index (χ3n) is 3.88. The van der Waals surface area contributed by atoms with E-state index in [0.717, 1.165) is 41.9 Å². The molecule has 1 aromatic carbocycles. The van der Waals surface area contributed by atoms with E-state index in [1.54, 1.807) is 0 Å². The van der Waals surface area contributed by atoms with Gasteiger partial charge in [0.25, 0.3) is 0 Å². The topological polar surface area (TPSA) is 21.3 Å². The number of hydrogen-bond acceptors (Lipinski definition) is 2. The molecular formula is C15H21BrClNO. The van der Waals surface area contributed by atoms with E-state index in [1.165, 1.54) is 5.56 Å². The molecule has 1 N–H and O–H groups in total. The van der Waals surface area contributed by atoms with Crippen LogP contribution in [-0.4, -0.2) is 24.8 Å². The van der Waals surface area contributed by atoms with Gasteiger partial charge in [-0.05, 0) is 50.4 Å². The summed E-state index contributed by atoms with van der Waals surface area (Å²) in [6, 6.07) is 6.40. The first-order valence-corrected chi connectivity index (χ1v) is 8.03. The maximum absolute atomic E-state index is 6.33. The second-order valence-corrected chi connectivity index (χ2v) is 6.64. The van der Waals surface area contributed by atoms with Crippen molar-refractivity contribution in [3.05, 3.63) is 33.3 Å². The number of hydrogen-bond donors (Lipinski definition) is 1. The van der Waals surface area contributed by atoms with Gasteiger partial charge in [-0.2, -0.15) is 0 Å². The van der Waals surface area contributed by atoms with E-state index in [-0.39, 0.29) is 5.60 Å². The minimum absolute atomic E-state index is 0.0770. The molecule has 0 aliphatic carbocycles. The molecule has 4 heteroatoms. The number of rotatable bonds is 5. The molecule has 0 bridgehead atoms. The molecule has 2 atom stereocenters. The van der Waals surface area contributed by atoms with Gasteiger partial charge in [-0.15, -0.1) is 0 Å². The van der Waals surface area contributed by atoms with Crippen molar-refractivity contribution in [2.45, 2.75) is 44.8 Å². The molecule has 106 valence electrons. The highest BCUT2D eigenvalue weighted by molar-refractivity contribution is 9.10. The van der Waals surface area contributed by atoms with Crippen molar-refractivity contribution < 1.29 is 4.74 Å². The maximum Gasteiger partial charge on any atom is 0.0810 e. The third kappa shape index (κ3) is 3.72. The van der Waals surface area contributed by atoms with E-state index in [4.69, 9.17) is 16.3 Å². The number of ether oxygens (including phenoxy) is 1. The zero-order valence-electron chi connectivity index (χ0n) is 11.5. The predicted molar refractivity (Wildman–Crippen MR) is 83.9 cm³/mol. The Bertz CT molecular complexity index is 432. The van der Waals surface area contributed by atoms with Crippen LogP contribution in [0.3, 0.4) is 0 Å². The molecule has 0 amide bonds. The van der Waals surface area contributed by atoms with Crippen LogP contribution in [0, 0.1) is 0 Å². The Hall–Kier alpha value is -0.0900. The van der Waals surface area contributed by atoms with E-state index in [0.29, 0.717) is 6.04 Å². The smallest absolute Gasteiger partial charge is 0.0810 e. The highest BCUT2D eigenvalue weighted by Gasteiger charge is 2.38. The molecule has 1 aliphatic heterocycles. The maximum atomic E-state index is 6.33. The van der Waals surface area contributed by atoms with Crippen molar-refractivity contribution in [1.29, 1.82) is 0 Å². The molecule has 0 aromatic heterocycles. The molecule has 1 saturated heterocycles. The molecule has 0 saturated carbocycles. The van der Waals surface area contributed by atoms with Gasteiger partial charge >= 0.3 is 0 Å². The van der Waals surface area contributed by atoms with Crippen molar-refractivity contribution in [3.8, 4) is 0 Å². The SMILES string of the molecule is CCNC(Cc1ccc(Br)cc1Cl)C1(C)CCCO1. The number of nitrogens with one attached hydrogen (secondary N) is 1. The van der Waals surface area contributed by atoms with Gasteiger partial charge in [-0.3, -0.25) is 0 Å². The molecule has 1 fully saturated rings. The van der Waals surface area contributed by atoms with E-state index < -0.39 is 0 Å². The van der Waals surface area contributed by atoms with Crippen LogP contribution < -0.4 is 5.32 Å². The fraction of sp³-hybridized carbons (Fsp3) is 0.600. The van der Waals surface area contributed by atoms with Crippen molar-refractivity contribution in [3.63, 3.8) is 0 Å². The quantitative estimate of drug-likeness (QED) is 0.863. The molecule has 1 aromatic rings. The van der Waals surface area contributed by atoms with Gasteiger partial charge in [0, 0.05) is 22.1 Å². The van der Waals surface area contributed by atoms with Crippen LogP contribution in [-0.2, 0) is 11.2 Å². The monoisotopic (exact) mass is 345 g/mol. The second kappa shape index (κ2) is 6.57. The summed E-state index contributed by atoms with van der Waals surface area (Å²) in [6.45, 7) is 6.15. The van der Waals surface area contributed by atoms with Crippen molar-refractivity contribution in [2.24, 2.45) is 0 Å². The van der Waals surface area contributed by atoms with Gasteiger partial charge in [0.2, 0.25) is 0 Å². The lowest BCUT2D eigenvalue weighted by atomic mass is 9.88. The van der Waals surface area contributed by atoms with Crippen LogP contribution in [0.2, 0.25) is 5.02 Å². The average Bonchev–Trinajstić information content (AvgIpc) is 2.80. The zero-order chi connectivity index (χ0) is 13.9. The standard InChI is InChI=1S/C15H21BrClNO/c1-3-18-14(15(2)7-4-8-19-15)9-11-5-6-12(16)10-13(11)17/h5-6,10,14,18H,3-4,7-9H2,1-2H3. The minimum Gasteiger partial charge on any atom is -0.374 e. The van der Waals surface area contributed by atoms with Crippen molar-refractivity contribution in [2.75, 3.05) is 13.2 Å². The number of likely N-dealkylation sites (N-methyl/N-ethyl adjacent to an activating group) is 1. The average molecular weight is 347 g/mol. The third-order valence-corrected chi connectivity index (χ3v) is 4.72. The summed E-state index contributed by atoms with van der Waals surface area (Å²) in [7, 11) is 0. The van der Waals surface area contributed by atoms with Gasteiger partial charge in [-0.25, -0.2) is 0 Å². The van der Waals surface area contributed by atoms with Gasteiger partial charge in [-0.1, -0.05) is 40.5 Å². The molecule has 1 heterocycles. The minimum atomic E-state index is -0.0770. The largest absolute Gasteiger partial charge is 0.374 e. The number of halogens is 2. The van der Waals surface area contributed by atoms with Crippen LogP contribution in [0.4, 0.5) is 0 Å². The van der Waals surface area contributed by atoms with E-state index in [2.05, 4.69) is 41.2 Å². The Morgan fingerprint density at radius 2 is 2.32 bits per heavy atom. The van der Waals surface area contributed by atoms with Crippen LogP contribution >= 0.6 is 27.5 Å². The summed E-state index contributed by atoms with van der Waals surface area (Å²) in [5.41, 5.74) is 1.10. The summed E-state index contributed by atoms with van der Waals surface area (Å²) in [6.07, 6.45) is 3.15. The van der Waals surface area contributed by atoms with Gasteiger partial charge in [0.05, 0.1) is 5.60 Å². The first kappa shape index (κ1) is 15.3. The second-order valence-electron chi connectivity index (χ2n) is 5.31. The summed E-state index contributed by atoms with van der Waals surface area (Å²) >= 11 is 9.77. The van der Waals surface area contributed by atoms with E-state index >= 15 is 0 Å². The zero-order valence-corrected chi connectivity index (χ0v) is 13.9. The lowest BCUT2D eigenvalue weighted by Crippen LogP contribution is -2.49. The summed E-state index contributed by atoms with van der Waals surface area (Å²) in [4.78, 5) is 0. The molecule has 2 unspecified atom stereocenters. The Kier molecular flexibility index (Phi) is 5.29. The van der Waals surface area contributed by atoms with Gasteiger partial charge < -0.3 is 10.1 Å². The molecule has 1 aliphatic rings. The van der Waals surface area contributed by atoms with Gasteiger partial charge in [0.15, 0.2) is 0 Å². The Morgan fingerprint density at radius 3 is 2.89 bits per heavy atom. The molecule has 0 spiro atoms. The first-order valence-electron chi connectivity index (χ1n) is 6.86. The molecule has 2 nitrogen and oxygen atoms in total. The first-order chi connectivity index (χ1) is 9.05. The normalized spacial score (nSPS) is 24.6. The van der Waals surface area contributed by atoms with Gasteiger partial charge in [0.1, 0.15) is 0 Å². The van der Waals surface area contributed by atoms with E-state index in [9.17, 15) is 0 Å². The molecular weight excluding hydrogens is 326 g/mol. The van der Waals surface area contributed by atoms with Crippen molar-refractivity contribution in [1.82, 2.24) is 5.32 Å². The van der Waals surface area contributed by atoms with Crippen LogP contribution in [0.25, 0.3) is 0 Å². The van der Waals surface area contributed by atoms with Crippen molar-refractivity contribution >= 4 is 27.5 Å². The molecule has 2 rings (SSSR count). The Balaban J connectivity index is 2.16. The molecule has 19 heavy (non-hydrogen) atoms. The highest BCUT2D eigenvalue weighted by atomic mass is 79.9. The molecule has 0 radical (unpaired) electrons. The summed E-state index contributed by atoms with van der Waals surface area (Å²) < 4.78 is 6.99. The predicted octanol–water partition coefficient (Wildman–Crippen LogP) is 4.19. The van der Waals surface area contributed by atoms with E-state index in [1.807, 2.05) is 12.1 Å². The summed E-state index contributed by atoms with van der Waals surface area (Å²) in [5, 5.41) is 4.38. The lowest BCUT2D eigenvalue weighted by molar-refractivity contribution is -0.0110. The van der Waals surface area contributed by atoms with Crippen LogP contribution in [0.5, 0.6) is 0 Å². The summed E-state index contributed by atoms with van der Waals surface area (Å²) in [5.74, 6) is 0. The fourth-order valence-electron chi connectivity index (χ4n) is 2.73.